The van der Waals surface area contributed by atoms with Crippen LogP contribution in [0.3, 0.4) is 0 Å². The van der Waals surface area contributed by atoms with Gasteiger partial charge >= 0.3 is 0 Å². The van der Waals surface area contributed by atoms with E-state index >= 15 is 0 Å². The Labute approximate surface area is 177 Å². The Morgan fingerprint density at radius 2 is 1.81 bits per heavy atom. The monoisotopic (exact) mass is 414 g/mol. The zero-order chi connectivity index (χ0) is 21.4. The number of aryl methyl sites for hydroxylation is 1. The van der Waals surface area contributed by atoms with E-state index in [4.69, 9.17) is 10.8 Å². The van der Waals surface area contributed by atoms with Gasteiger partial charge in [0.15, 0.2) is 5.65 Å². The molecule has 0 aliphatic rings. The van der Waals surface area contributed by atoms with Crippen molar-refractivity contribution in [2.45, 2.75) is 6.54 Å². The Balaban J connectivity index is 1.51. The Morgan fingerprint density at radius 1 is 1.03 bits per heavy atom. The molecular formula is C22H19FN8. The molecule has 2 aromatic carbocycles. The van der Waals surface area contributed by atoms with Crippen molar-refractivity contribution in [3.63, 3.8) is 0 Å². The Bertz CT molecular complexity index is 1360. The first-order valence-corrected chi connectivity index (χ1v) is 9.67. The van der Waals surface area contributed by atoms with Gasteiger partial charge in [-0.05, 0) is 36.4 Å². The molecule has 0 radical (unpaired) electrons. The van der Waals surface area contributed by atoms with Gasteiger partial charge in [-0.15, -0.1) is 0 Å². The maximum absolute atomic E-state index is 13.4. The van der Waals surface area contributed by atoms with Crippen molar-refractivity contribution in [1.29, 1.82) is 0 Å². The minimum absolute atomic E-state index is 0.292. The third-order valence-electron chi connectivity index (χ3n) is 4.99. The van der Waals surface area contributed by atoms with E-state index in [1.807, 2.05) is 36.5 Å². The summed E-state index contributed by atoms with van der Waals surface area (Å²) < 4.78 is 16.9. The minimum Gasteiger partial charge on any atom is -0.383 e. The lowest BCUT2D eigenvalue weighted by molar-refractivity contribution is 0.628. The number of anilines is 2. The first-order valence-electron chi connectivity index (χ1n) is 9.67. The summed E-state index contributed by atoms with van der Waals surface area (Å²) in [7, 11) is 1.80. The fourth-order valence-corrected chi connectivity index (χ4v) is 3.40. The van der Waals surface area contributed by atoms with E-state index in [-0.39, 0.29) is 5.82 Å². The predicted octanol–water partition coefficient (Wildman–Crippen LogP) is 3.55. The number of nitrogens with zero attached hydrogens (tertiary/aromatic N) is 6. The second kappa shape index (κ2) is 7.52. The molecule has 0 spiro atoms. The van der Waals surface area contributed by atoms with Gasteiger partial charge in [-0.1, -0.05) is 18.2 Å². The number of benzene rings is 2. The maximum atomic E-state index is 13.4. The maximum Gasteiger partial charge on any atom is 0.226 e. The lowest BCUT2D eigenvalue weighted by Gasteiger charge is -2.07. The van der Waals surface area contributed by atoms with E-state index in [2.05, 4.69) is 20.4 Å². The van der Waals surface area contributed by atoms with Crippen molar-refractivity contribution < 1.29 is 4.39 Å². The summed E-state index contributed by atoms with van der Waals surface area (Å²) in [6.45, 7) is 0.405. The molecule has 8 nitrogen and oxygen atoms in total. The molecule has 0 unspecified atom stereocenters. The molecule has 31 heavy (non-hydrogen) atoms. The third kappa shape index (κ3) is 3.57. The lowest BCUT2D eigenvalue weighted by Crippen LogP contribution is -2.07. The van der Waals surface area contributed by atoms with Crippen LogP contribution in [0.2, 0.25) is 0 Å². The van der Waals surface area contributed by atoms with E-state index in [9.17, 15) is 4.39 Å². The van der Waals surface area contributed by atoms with Crippen molar-refractivity contribution in [2.75, 3.05) is 11.1 Å². The molecule has 0 saturated heterocycles. The van der Waals surface area contributed by atoms with Crippen LogP contribution in [0.1, 0.15) is 5.56 Å². The molecule has 3 N–H and O–H groups in total. The van der Waals surface area contributed by atoms with Crippen molar-refractivity contribution in [2.24, 2.45) is 7.05 Å². The number of nitrogens with two attached hydrogens (primary N) is 1. The van der Waals surface area contributed by atoms with Crippen LogP contribution in [0.4, 0.5) is 16.2 Å². The van der Waals surface area contributed by atoms with Crippen molar-refractivity contribution in [3.05, 3.63) is 78.4 Å². The van der Waals surface area contributed by atoms with E-state index in [1.54, 1.807) is 34.7 Å². The van der Waals surface area contributed by atoms with Crippen molar-refractivity contribution in [3.8, 4) is 16.9 Å². The van der Waals surface area contributed by atoms with Gasteiger partial charge in [0.2, 0.25) is 5.95 Å². The summed E-state index contributed by atoms with van der Waals surface area (Å²) in [6, 6.07) is 16.1. The van der Waals surface area contributed by atoms with Crippen LogP contribution >= 0.6 is 0 Å². The molecule has 0 amide bonds. The molecular weight excluding hydrogens is 395 g/mol. The molecule has 0 saturated carbocycles. The summed E-state index contributed by atoms with van der Waals surface area (Å²) in [5.74, 6) is 0.463. The smallest absolute Gasteiger partial charge is 0.226 e. The summed E-state index contributed by atoms with van der Waals surface area (Å²) in [4.78, 5) is 8.85. The van der Waals surface area contributed by atoms with Gasteiger partial charge in [0.05, 0.1) is 23.0 Å². The highest BCUT2D eigenvalue weighted by Crippen LogP contribution is 2.25. The van der Waals surface area contributed by atoms with Gasteiger partial charge in [-0.3, -0.25) is 4.68 Å². The quantitative estimate of drug-likeness (QED) is 0.456. The van der Waals surface area contributed by atoms with Crippen LogP contribution in [0.5, 0.6) is 0 Å². The zero-order valence-electron chi connectivity index (χ0n) is 16.7. The molecule has 0 atom stereocenters. The van der Waals surface area contributed by atoms with Crippen LogP contribution in [-0.2, 0) is 13.6 Å². The molecule has 0 aliphatic carbocycles. The summed E-state index contributed by atoms with van der Waals surface area (Å²) in [6.07, 6.45) is 3.58. The number of para-hydroxylation sites is 1. The standard InChI is InChI=1S/C22H19FN8/c1-30-21-18(12-26-30)20(24)27-22(28-21)25-11-15-13-31(17-5-3-2-4-6-17)29-19(15)14-7-9-16(23)10-8-14/h2-10,12-13H,11H2,1H3,(H3,24,25,27,28). The van der Waals surface area contributed by atoms with Gasteiger partial charge in [0, 0.05) is 30.9 Å². The number of aromatic nitrogens is 6. The highest BCUT2D eigenvalue weighted by molar-refractivity contribution is 5.86. The van der Waals surface area contributed by atoms with Gasteiger partial charge in [0.1, 0.15) is 11.6 Å². The number of fused-ring (bicyclic) bond motifs is 1. The molecule has 5 rings (SSSR count). The Kier molecular flexibility index (Phi) is 4.55. The molecule has 3 heterocycles. The topological polar surface area (TPSA) is 99.5 Å². The van der Waals surface area contributed by atoms with Crippen LogP contribution in [-0.4, -0.2) is 29.5 Å². The molecule has 9 heteroatoms. The van der Waals surface area contributed by atoms with Gasteiger partial charge in [-0.25, -0.2) is 9.07 Å². The molecule has 0 aliphatic heterocycles. The Morgan fingerprint density at radius 3 is 2.58 bits per heavy atom. The third-order valence-corrected chi connectivity index (χ3v) is 4.99. The number of hydrogen-bond donors (Lipinski definition) is 2. The second-order valence-corrected chi connectivity index (χ2v) is 7.08. The number of nitrogen functional groups attached to an aromatic ring is 1. The molecule has 5 aromatic rings. The van der Waals surface area contributed by atoms with E-state index in [1.165, 1.54) is 12.1 Å². The van der Waals surface area contributed by atoms with Crippen LogP contribution < -0.4 is 11.1 Å². The van der Waals surface area contributed by atoms with Crippen LogP contribution in [0.15, 0.2) is 67.0 Å². The molecule has 0 fully saturated rings. The van der Waals surface area contributed by atoms with Crippen molar-refractivity contribution in [1.82, 2.24) is 29.5 Å². The largest absolute Gasteiger partial charge is 0.383 e. The Hall–Kier alpha value is -4.27. The average Bonchev–Trinajstić information content (AvgIpc) is 3.38. The van der Waals surface area contributed by atoms with Gasteiger partial charge in [-0.2, -0.15) is 20.2 Å². The SMILES string of the molecule is Cn1ncc2c(N)nc(NCc3cn(-c4ccccc4)nc3-c3ccc(F)cc3)nc21. The lowest BCUT2D eigenvalue weighted by atomic mass is 10.1. The predicted molar refractivity (Wildman–Crippen MR) is 117 cm³/mol. The normalized spacial score (nSPS) is 11.2. The highest BCUT2D eigenvalue weighted by Gasteiger charge is 2.14. The molecule has 154 valence electrons. The number of nitrogens with one attached hydrogen (secondary N) is 1. The zero-order valence-corrected chi connectivity index (χ0v) is 16.7. The van der Waals surface area contributed by atoms with E-state index in [0.29, 0.717) is 29.3 Å². The minimum atomic E-state index is -0.292. The second-order valence-electron chi connectivity index (χ2n) is 7.08. The first-order chi connectivity index (χ1) is 15.1. The fourth-order valence-electron chi connectivity index (χ4n) is 3.40. The first kappa shape index (κ1) is 18.7. The van der Waals surface area contributed by atoms with Gasteiger partial charge < -0.3 is 11.1 Å². The van der Waals surface area contributed by atoms with Gasteiger partial charge in [0.25, 0.3) is 0 Å². The number of hydrogen-bond acceptors (Lipinski definition) is 6. The number of halogens is 1. The summed E-state index contributed by atoms with van der Waals surface area (Å²) in [5.41, 5.74) is 10.1. The highest BCUT2D eigenvalue weighted by atomic mass is 19.1. The van der Waals surface area contributed by atoms with Crippen LogP contribution in [0, 0.1) is 5.82 Å². The van der Waals surface area contributed by atoms with Crippen molar-refractivity contribution >= 4 is 22.8 Å². The molecule has 0 bridgehead atoms. The summed E-state index contributed by atoms with van der Waals surface area (Å²) >= 11 is 0. The number of rotatable bonds is 5. The summed E-state index contributed by atoms with van der Waals surface area (Å²) in [5, 5.41) is 12.8. The van der Waals surface area contributed by atoms with Crippen LogP contribution in [0.25, 0.3) is 28.0 Å². The van der Waals surface area contributed by atoms with E-state index < -0.39 is 0 Å². The fraction of sp³-hybridized carbons (Fsp3) is 0.0909. The van der Waals surface area contributed by atoms with E-state index in [0.717, 1.165) is 22.5 Å². The molecule has 3 aromatic heterocycles. The average molecular weight is 414 g/mol.